The first-order valence-corrected chi connectivity index (χ1v) is 7.59. The highest BCUT2D eigenvalue weighted by Crippen LogP contribution is 2.29. The Morgan fingerprint density at radius 1 is 1.35 bits per heavy atom. The van der Waals surface area contributed by atoms with Crippen molar-refractivity contribution in [2.75, 3.05) is 7.11 Å². The number of hydrogen-bond acceptors (Lipinski definition) is 6. The topological polar surface area (TPSA) is 89.6 Å². The van der Waals surface area contributed by atoms with Crippen LogP contribution < -0.4 is 5.32 Å². The molecule has 1 unspecified atom stereocenters. The number of carbonyl (C=O) groups is 1. The highest BCUT2D eigenvalue weighted by atomic mass is 19.4. The van der Waals surface area contributed by atoms with Gasteiger partial charge in [0.2, 0.25) is 5.82 Å². The van der Waals surface area contributed by atoms with Crippen molar-refractivity contribution in [1.82, 2.24) is 15.5 Å². The molecule has 0 fully saturated rings. The first-order chi connectivity index (χ1) is 12.2. The van der Waals surface area contributed by atoms with E-state index in [2.05, 4.69) is 30.0 Å². The summed E-state index contributed by atoms with van der Waals surface area (Å²) < 4.78 is 41.6. The lowest BCUT2D eigenvalue weighted by Gasteiger charge is -2.13. The van der Waals surface area contributed by atoms with Crippen LogP contribution in [0.1, 0.15) is 36.5 Å². The first-order valence-electron chi connectivity index (χ1n) is 7.59. The SMILES string of the molecule is CO/N=C(/C)CC(C)NC(=O)c1ccc(-c2noc(C(F)(F)F)n2)cc1. The minimum atomic E-state index is -4.70. The fraction of sp³-hybridized carbons (Fsp3) is 0.375. The number of aromatic nitrogens is 2. The zero-order valence-electron chi connectivity index (χ0n) is 14.3. The van der Waals surface area contributed by atoms with E-state index >= 15 is 0 Å². The summed E-state index contributed by atoms with van der Waals surface area (Å²) in [7, 11) is 1.44. The lowest BCUT2D eigenvalue weighted by Crippen LogP contribution is -2.33. The molecule has 2 rings (SSSR count). The van der Waals surface area contributed by atoms with Crippen molar-refractivity contribution in [2.45, 2.75) is 32.5 Å². The van der Waals surface area contributed by atoms with E-state index in [1.807, 2.05) is 6.92 Å². The number of halogens is 3. The zero-order chi connectivity index (χ0) is 19.3. The number of benzene rings is 1. The largest absolute Gasteiger partial charge is 0.471 e. The standard InChI is InChI=1S/C16H17F3N4O3/c1-9(8-10(2)22-25-3)20-14(24)12-6-4-11(5-7-12)13-21-15(26-23-13)16(17,18)19/h4-7,9H,8H2,1-3H3,(H,20,24)/b22-10-. The molecule has 0 bridgehead atoms. The quantitative estimate of drug-likeness (QED) is 0.623. The van der Waals surface area contributed by atoms with Crippen molar-refractivity contribution < 1.29 is 27.3 Å². The van der Waals surface area contributed by atoms with Crippen molar-refractivity contribution in [3.63, 3.8) is 0 Å². The van der Waals surface area contributed by atoms with Gasteiger partial charge in [0.15, 0.2) is 0 Å². The maximum absolute atomic E-state index is 12.5. The third-order valence-corrected chi connectivity index (χ3v) is 3.30. The fourth-order valence-electron chi connectivity index (χ4n) is 2.22. The van der Waals surface area contributed by atoms with Crippen molar-refractivity contribution in [3.8, 4) is 11.4 Å². The van der Waals surface area contributed by atoms with Gasteiger partial charge in [-0.15, -0.1) is 0 Å². The van der Waals surface area contributed by atoms with Gasteiger partial charge in [-0.3, -0.25) is 4.79 Å². The number of nitrogens with one attached hydrogen (secondary N) is 1. The molecular weight excluding hydrogens is 353 g/mol. The summed E-state index contributed by atoms with van der Waals surface area (Å²) in [6.07, 6.45) is -4.19. The molecule has 0 saturated heterocycles. The van der Waals surface area contributed by atoms with E-state index in [1.165, 1.54) is 31.4 Å². The van der Waals surface area contributed by atoms with Crippen molar-refractivity contribution >= 4 is 11.6 Å². The summed E-state index contributed by atoms with van der Waals surface area (Å²) in [4.78, 5) is 20.2. The Balaban J connectivity index is 2.03. The van der Waals surface area contributed by atoms with Gasteiger partial charge in [-0.2, -0.15) is 18.2 Å². The number of rotatable bonds is 6. The third kappa shape index (κ3) is 5.04. The van der Waals surface area contributed by atoms with Crippen LogP contribution in [-0.4, -0.2) is 34.9 Å². The number of amides is 1. The van der Waals surface area contributed by atoms with Crippen LogP contribution in [-0.2, 0) is 11.0 Å². The van der Waals surface area contributed by atoms with Gasteiger partial charge in [-0.1, -0.05) is 22.4 Å². The minimum Gasteiger partial charge on any atom is -0.399 e. The van der Waals surface area contributed by atoms with Gasteiger partial charge in [0.25, 0.3) is 5.91 Å². The van der Waals surface area contributed by atoms with Crippen molar-refractivity contribution in [1.29, 1.82) is 0 Å². The molecule has 140 valence electrons. The molecule has 1 atom stereocenters. The Bertz CT molecular complexity index is 785. The summed E-state index contributed by atoms with van der Waals surface area (Å²) in [6.45, 7) is 3.60. The number of hydrogen-bond donors (Lipinski definition) is 1. The van der Waals surface area contributed by atoms with Gasteiger partial charge < -0.3 is 14.7 Å². The van der Waals surface area contributed by atoms with Gasteiger partial charge in [0.05, 0.1) is 5.71 Å². The van der Waals surface area contributed by atoms with Gasteiger partial charge >= 0.3 is 12.1 Å². The van der Waals surface area contributed by atoms with Crippen LogP contribution in [0.3, 0.4) is 0 Å². The lowest BCUT2D eigenvalue weighted by atomic mass is 10.1. The van der Waals surface area contributed by atoms with E-state index in [-0.39, 0.29) is 17.8 Å². The maximum atomic E-state index is 12.5. The van der Waals surface area contributed by atoms with E-state index in [0.29, 0.717) is 17.5 Å². The smallest absolute Gasteiger partial charge is 0.399 e. The zero-order valence-corrected chi connectivity index (χ0v) is 14.3. The summed E-state index contributed by atoms with van der Waals surface area (Å²) in [5, 5.41) is 9.86. The summed E-state index contributed by atoms with van der Waals surface area (Å²) in [5.41, 5.74) is 1.38. The molecular formula is C16H17F3N4O3. The molecule has 1 heterocycles. The summed E-state index contributed by atoms with van der Waals surface area (Å²) >= 11 is 0. The number of alkyl halides is 3. The molecule has 0 spiro atoms. The summed E-state index contributed by atoms with van der Waals surface area (Å²) in [6, 6.07) is 5.66. The fourth-order valence-corrected chi connectivity index (χ4v) is 2.22. The molecule has 2 aromatic rings. The van der Waals surface area contributed by atoms with E-state index in [4.69, 9.17) is 0 Å². The lowest BCUT2D eigenvalue weighted by molar-refractivity contribution is -0.159. The first kappa shape index (κ1) is 19.4. The average molecular weight is 370 g/mol. The second-order valence-electron chi connectivity index (χ2n) is 5.59. The molecule has 1 amide bonds. The molecule has 1 aromatic carbocycles. The van der Waals surface area contributed by atoms with Gasteiger partial charge in [0.1, 0.15) is 7.11 Å². The van der Waals surface area contributed by atoms with Crippen LogP contribution in [0.5, 0.6) is 0 Å². The van der Waals surface area contributed by atoms with E-state index in [0.717, 1.165) is 5.71 Å². The van der Waals surface area contributed by atoms with E-state index in [1.54, 1.807) is 6.92 Å². The number of oxime groups is 1. The van der Waals surface area contributed by atoms with E-state index < -0.39 is 12.1 Å². The van der Waals surface area contributed by atoms with Crippen LogP contribution in [0, 0.1) is 0 Å². The Hall–Kier alpha value is -2.91. The Kier molecular flexibility index (Phi) is 5.96. The van der Waals surface area contributed by atoms with Crippen LogP contribution >= 0.6 is 0 Å². The molecule has 0 aliphatic carbocycles. The van der Waals surface area contributed by atoms with Gasteiger partial charge in [-0.25, -0.2) is 0 Å². The van der Waals surface area contributed by atoms with Crippen molar-refractivity contribution in [2.24, 2.45) is 5.16 Å². The molecule has 26 heavy (non-hydrogen) atoms. The molecule has 7 nitrogen and oxygen atoms in total. The van der Waals surface area contributed by atoms with Gasteiger partial charge in [0, 0.05) is 23.6 Å². The molecule has 0 saturated carbocycles. The highest BCUT2D eigenvalue weighted by Gasteiger charge is 2.38. The number of carbonyl (C=O) groups excluding carboxylic acids is 1. The molecule has 0 aliphatic rings. The Morgan fingerprint density at radius 3 is 2.54 bits per heavy atom. The number of nitrogens with zero attached hydrogens (tertiary/aromatic N) is 3. The highest BCUT2D eigenvalue weighted by molar-refractivity contribution is 5.95. The van der Waals surface area contributed by atoms with Crippen molar-refractivity contribution in [3.05, 3.63) is 35.7 Å². The average Bonchev–Trinajstić information content (AvgIpc) is 3.05. The minimum absolute atomic E-state index is 0.173. The normalized spacial score (nSPS) is 13.4. The second kappa shape index (κ2) is 7.98. The van der Waals surface area contributed by atoms with Crippen LogP contribution in [0.2, 0.25) is 0 Å². The molecule has 0 radical (unpaired) electrons. The second-order valence-corrected chi connectivity index (χ2v) is 5.59. The molecule has 0 aliphatic heterocycles. The predicted molar refractivity (Wildman–Crippen MR) is 86.4 cm³/mol. The Labute approximate surface area is 147 Å². The maximum Gasteiger partial charge on any atom is 0.471 e. The monoisotopic (exact) mass is 370 g/mol. The molecule has 1 N–H and O–H groups in total. The third-order valence-electron chi connectivity index (χ3n) is 3.30. The van der Waals surface area contributed by atoms with Crippen LogP contribution in [0.15, 0.2) is 33.9 Å². The molecule has 10 heteroatoms. The predicted octanol–water partition coefficient (Wildman–Crippen LogP) is 3.29. The van der Waals surface area contributed by atoms with Crippen LogP contribution in [0.25, 0.3) is 11.4 Å². The van der Waals surface area contributed by atoms with Crippen LogP contribution in [0.4, 0.5) is 13.2 Å². The summed E-state index contributed by atoms with van der Waals surface area (Å²) in [5.74, 6) is -1.95. The molecule has 1 aromatic heterocycles. The Morgan fingerprint density at radius 2 is 2.00 bits per heavy atom. The van der Waals surface area contributed by atoms with Gasteiger partial charge in [-0.05, 0) is 26.0 Å². The van der Waals surface area contributed by atoms with E-state index in [9.17, 15) is 18.0 Å².